The van der Waals surface area contributed by atoms with E-state index in [1.54, 1.807) is 11.8 Å². The van der Waals surface area contributed by atoms with Crippen LogP contribution in [0.4, 0.5) is 11.4 Å². The van der Waals surface area contributed by atoms with Gasteiger partial charge in [0.05, 0.1) is 11.4 Å². The first-order chi connectivity index (χ1) is 9.69. The van der Waals surface area contributed by atoms with Crippen LogP contribution in [0.3, 0.4) is 0 Å². The summed E-state index contributed by atoms with van der Waals surface area (Å²) in [5.74, 6) is 0.352. The molecule has 2 rings (SSSR count). The van der Waals surface area contributed by atoms with Crippen molar-refractivity contribution in [3.63, 3.8) is 0 Å². The number of hydrogen-bond acceptors (Lipinski definition) is 4. The molecule has 3 nitrogen and oxygen atoms in total. The number of nitrogen functional groups attached to an aromatic ring is 1. The van der Waals surface area contributed by atoms with Crippen LogP contribution >= 0.6 is 23.5 Å². The highest BCUT2D eigenvalue weighted by Gasteiger charge is 2.06. The molecule has 0 aromatic heterocycles. The van der Waals surface area contributed by atoms with Gasteiger partial charge in [-0.1, -0.05) is 18.2 Å². The number of anilines is 2. The van der Waals surface area contributed by atoms with Crippen LogP contribution in [-0.4, -0.2) is 17.9 Å². The van der Waals surface area contributed by atoms with Gasteiger partial charge in [0.25, 0.3) is 0 Å². The first kappa shape index (κ1) is 14.8. The number of benzene rings is 2. The quantitative estimate of drug-likeness (QED) is 0.653. The summed E-state index contributed by atoms with van der Waals surface area (Å²) in [4.78, 5) is 14.0. The Balaban J connectivity index is 1.93. The highest BCUT2D eigenvalue weighted by Crippen LogP contribution is 2.25. The minimum Gasteiger partial charge on any atom is -0.399 e. The summed E-state index contributed by atoms with van der Waals surface area (Å²) in [5.41, 5.74) is 7.28. The van der Waals surface area contributed by atoms with Gasteiger partial charge in [-0.05, 0) is 36.6 Å². The van der Waals surface area contributed by atoms with Crippen molar-refractivity contribution in [2.75, 3.05) is 23.1 Å². The average molecular weight is 304 g/mol. The van der Waals surface area contributed by atoms with Gasteiger partial charge in [0.2, 0.25) is 5.91 Å². The SMILES string of the molecule is CSc1ccccc1NC(=O)CSc1cccc(N)c1. The molecule has 0 aliphatic heterocycles. The number of hydrogen-bond donors (Lipinski definition) is 2. The number of amides is 1. The molecule has 0 heterocycles. The van der Waals surface area contributed by atoms with Gasteiger partial charge in [0.1, 0.15) is 0 Å². The Morgan fingerprint density at radius 2 is 2.00 bits per heavy atom. The average Bonchev–Trinajstić information content (AvgIpc) is 2.46. The van der Waals surface area contributed by atoms with Crippen molar-refractivity contribution in [3.05, 3.63) is 48.5 Å². The molecule has 0 unspecified atom stereocenters. The molecule has 0 aliphatic rings. The van der Waals surface area contributed by atoms with Gasteiger partial charge in [-0.2, -0.15) is 0 Å². The summed E-state index contributed by atoms with van der Waals surface area (Å²) < 4.78 is 0. The van der Waals surface area contributed by atoms with Crippen molar-refractivity contribution >= 4 is 40.8 Å². The van der Waals surface area contributed by atoms with E-state index >= 15 is 0 Å². The van der Waals surface area contributed by atoms with Crippen molar-refractivity contribution < 1.29 is 4.79 Å². The fraction of sp³-hybridized carbons (Fsp3) is 0.133. The molecule has 2 aromatic rings. The van der Waals surface area contributed by atoms with Gasteiger partial charge in [-0.25, -0.2) is 0 Å². The number of thioether (sulfide) groups is 2. The maximum atomic E-state index is 12.0. The first-order valence-electron chi connectivity index (χ1n) is 6.10. The third-order valence-corrected chi connectivity index (χ3v) is 4.40. The standard InChI is InChI=1S/C15H16N2OS2/c1-19-14-8-3-2-7-13(14)17-15(18)10-20-12-6-4-5-11(16)9-12/h2-9H,10,16H2,1H3,(H,17,18). The molecule has 0 aliphatic carbocycles. The smallest absolute Gasteiger partial charge is 0.234 e. The van der Waals surface area contributed by atoms with Crippen molar-refractivity contribution in [2.45, 2.75) is 9.79 Å². The Kier molecular flexibility index (Phi) is 5.38. The first-order valence-corrected chi connectivity index (χ1v) is 8.31. The molecule has 0 radical (unpaired) electrons. The Bertz CT molecular complexity index is 602. The Labute approximate surface area is 127 Å². The number of nitrogens with one attached hydrogen (secondary N) is 1. The fourth-order valence-electron chi connectivity index (χ4n) is 1.69. The summed E-state index contributed by atoms with van der Waals surface area (Å²) in [5, 5.41) is 2.93. The van der Waals surface area contributed by atoms with E-state index in [2.05, 4.69) is 5.32 Å². The highest BCUT2D eigenvalue weighted by molar-refractivity contribution is 8.00. The van der Waals surface area contributed by atoms with Gasteiger partial charge in [-0.3, -0.25) is 4.79 Å². The molecule has 0 bridgehead atoms. The second-order valence-electron chi connectivity index (χ2n) is 4.11. The lowest BCUT2D eigenvalue weighted by Gasteiger charge is -2.09. The topological polar surface area (TPSA) is 55.1 Å². The van der Waals surface area contributed by atoms with Crippen molar-refractivity contribution in [2.24, 2.45) is 0 Å². The zero-order chi connectivity index (χ0) is 14.4. The maximum absolute atomic E-state index is 12.0. The van der Waals surface area contributed by atoms with E-state index in [9.17, 15) is 4.79 Å². The largest absolute Gasteiger partial charge is 0.399 e. The molecule has 5 heteroatoms. The molecule has 2 aromatic carbocycles. The fourth-order valence-corrected chi connectivity index (χ4v) is 3.01. The van der Waals surface area contributed by atoms with Crippen LogP contribution in [0.25, 0.3) is 0 Å². The molecule has 104 valence electrons. The van der Waals surface area contributed by atoms with Gasteiger partial charge < -0.3 is 11.1 Å². The Morgan fingerprint density at radius 3 is 2.75 bits per heavy atom. The van der Waals surface area contributed by atoms with Crippen molar-refractivity contribution in [1.82, 2.24) is 0 Å². The van der Waals surface area contributed by atoms with Crippen LogP contribution in [0.2, 0.25) is 0 Å². The molecule has 0 saturated heterocycles. The van der Waals surface area contributed by atoms with Gasteiger partial charge in [-0.15, -0.1) is 23.5 Å². The lowest BCUT2D eigenvalue weighted by molar-refractivity contribution is -0.113. The van der Waals surface area contributed by atoms with E-state index in [1.807, 2.05) is 54.8 Å². The van der Waals surface area contributed by atoms with Crippen LogP contribution in [0.1, 0.15) is 0 Å². The number of para-hydroxylation sites is 1. The molecule has 0 atom stereocenters. The van der Waals surface area contributed by atoms with E-state index in [0.717, 1.165) is 15.5 Å². The van der Waals surface area contributed by atoms with Crippen molar-refractivity contribution in [3.8, 4) is 0 Å². The molecule has 0 fully saturated rings. The lowest BCUT2D eigenvalue weighted by Crippen LogP contribution is -2.14. The van der Waals surface area contributed by atoms with E-state index in [0.29, 0.717) is 11.4 Å². The molecule has 0 spiro atoms. The lowest BCUT2D eigenvalue weighted by atomic mass is 10.3. The minimum absolute atomic E-state index is 0.0149. The van der Waals surface area contributed by atoms with Crippen molar-refractivity contribution in [1.29, 1.82) is 0 Å². The monoisotopic (exact) mass is 304 g/mol. The van der Waals surface area contributed by atoms with E-state index < -0.39 is 0 Å². The maximum Gasteiger partial charge on any atom is 0.234 e. The summed E-state index contributed by atoms with van der Waals surface area (Å²) in [7, 11) is 0. The van der Waals surface area contributed by atoms with E-state index in [4.69, 9.17) is 5.73 Å². The van der Waals surface area contributed by atoms with Crippen LogP contribution < -0.4 is 11.1 Å². The second kappa shape index (κ2) is 7.26. The summed E-state index contributed by atoms with van der Waals surface area (Å²) in [6, 6.07) is 15.3. The van der Waals surface area contributed by atoms with Gasteiger partial charge in [0, 0.05) is 15.5 Å². The van der Waals surface area contributed by atoms with Crippen LogP contribution in [-0.2, 0) is 4.79 Å². The Morgan fingerprint density at radius 1 is 1.20 bits per heavy atom. The molecule has 1 amide bonds. The summed E-state index contributed by atoms with van der Waals surface area (Å²) in [6.45, 7) is 0. The molecule has 3 N–H and O–H groups in total. The van der Waals surface area contributed by atoms with Crippen LogP contribution in [0.5, 0.6) is 0 Å². The predicted molar refractivity (Wildman–Crippen MR) is 88.4 cm³/mol. The van der Waals surface area contributed by atoms with E-state index in [-0.39, 0.29) is 5.91 Å². The van der Waals surface area contributed by atoms with Crippen LogP contribution in [0, 0.1) is 0 Å². The number of carbonyl (C=O) groups excluding carboxylic acids is 1. The summed E-state index contributed by atoms with van der Waals surface area (Å²) >= 11 is 3.09. The predicted octanol–water partition coefficient (Wildman–Crippen LogP) is 3.72. The molecular weight excluding hydrogens is 288 g/mol. The molecule has 20 heavy (non-hydrogen) atoms. The highest BCUT2D eigenvalue weighted by atomic mass is 32.2. The number of nitrogens with two attached hydrogens (primary N) is 1. The van der Waals surface area contributed by atoms with Gasteiger partial charge >= 0.3 is 0 Å². The Hall–Kier alpha value is -1.59. The summed E-state index contributed by atoms with van der Waals surface area (Å²) in [6.07, 6.45) is 1.99. The molecule has 0 saturated carbocycles. The number of carbonyl (C=O) groups is 1. The number of rotatable bonds is 5. The van der Waals surface area contributed by atoms with Crippen LogP contribution in [0.15, 0.2) is 58.3 Å². The normalized spacial score (nSPS) is 10.2. The van der Waals surface area contributed by atoms with E-state index in [1.165, 1.54) is 11.8 Å². The minimum atomic E-state index is -0.0149. The zero-order valence-corrected chi connectivity index (χ0v) is 12.8. The third kappa shape index (κ3) is 4.21. The zero-order valence-electron chi connectivity index (χ0n) is 11.1. The van der Waals surface area contributed by atoms with Gasteiger partial charge in [0.15, 0.2) is 0 Å². The second-order valence-corrected chi connectivity index (χ2v) is 6.01. The third-order valence-electron chi connectivity index (χ3n) is 2.61. The molecular formula is C15H16N2OS2.